The van der Waals surface area contributed by atoms with Gasteiger partial charge >= 0.3 is 6.09 Å². The lowest BCUT2D eigenvalue weighted by Crippen LogP contribution is -2.77. The van der Waals surface area contributed by atoms with Gasteiger partial charge in [0.1, 0.15) is 6.04 Å². The quantitative estimate of drug-likeness (QED) is 0.184. The predicted octanol–water partition coefficient (Wildman–Crippen LogP) is -2.58. The van der Waals surface area contributed by atoms with Crippen molar-refractivity contribution in [2.24, 2.45) is 21.5 Å². The molecule has 0 saturated carbocycles. The van der Waals surface area contributed by atoms with E-state index in [-0.39, 0.29) is 56.2 Å². The van der Waals surface area contributed by atoms with Crippen LogP contribution in [0.2, 0.25) is 0 Å². The highest BCUT2D eigenvalue weighted by atomic mass is 16.6. The number of amides is 3. The van der Waals surface area contributed by atoms with E-state index in [2.05, 4.69) is 20.6 Å². The predicted molar refractivity (Wildman–Crippen MR) is 125 cm³/mol. The molecule has 0 bridgehead atoms. The number of hydrogen-bond donors (Lipinski definition) is 6. The highest BCUT2D eigenvalue weighted by molar-refractivity contribution is 6.02. The Morgan fingerprint density at radius 2 is 1.97 bits per heavy atom. The van der Waals surface area contributed by atoms with Gasteiger partial charge in [0.05, 0.1) is 19.1 Å². The summed E-state index contributed by atoms with van der Waals surface area (Å²) in [6, 6.07) is 5.56. The number of imide groups is 1. The van der Waals surface area contributed by atoms with Crippen molar-refractivity contribution in [3.63, 3.8) is 0 Å². The van der Waals surface area contributed by atoms with Crippen molar-refractivity contribution in [3.8, 4) is 0 Å². The molecule has 1 aromatic carbocycles. The Bertz CT molecular complexity index is 1170. The van der Waals surface area contributed by atoms with Crippen LogP contribution in [0.25, 0.3) is 0 Å². The number of hydrogen-bond acceptors (Lipinski definition) is 12. The Labute approximate surface area is 206 Å². The minimum Gasteiger partial charge on any atom is -0.438 e. The first kappa shape index (κ1) is 23.8. The molecule has 36 heavy (non-hydrogen) atoms. The van der Waals surface area contributed by atoms with E-state index in [9.17, 15) is 24.6 Å². The van der Waals surface area contributed by atoms with Crippen LogP contribution in [0, 0.1) is 6.92 Å². The molecule has 4 heterocycles. The molecule has 0 unspecified atom stereocenters. The van der Waals surface area contributed by atoms with E-state index < -0.39 is 35.7 Å². The summed E-state index contributed by atoms with van der Waals surface area (Å²) in [6.45, 7) is 1.72. The smallest absolute Gasteiger partial charge is 0.407 e. The minimum atomic E-state index is -2.72. The van der Waals surface area contributed by atoms with E-state index in [0.29, 0.717) is 0 Å². The maximum absolute atomic E-state index is 12.6. The molecule has 2 saturated heterocycles. The fourth-order valence-electron chi connectivity index (χ4n) is 5.35. The molecule has 14 heteroatoms. The van der Waals surface area contributed by atoms with Crippen LogP contribution in [-0.2, 0) is 20.9 Å². The summed E-state index contributed by atoms with van der Waals surface area (Å²) in [4.78, 5) is 48.0. The maximum Gasteiger partial charge on any atom is 0.407 e. The van der Waals surface area contributed by atoms with Crippen LogP contribution in [0.15, 0.2) is 34.3 Å². The molecule has 0 radical (unpaired) electrons. The lowest BCUT2D eigenvalue weighted by Gasteiger charge is -2.48. The van der Waals surface area contributed by atoms with E-state index in [1.54, 1.807) is 0 Å². The second-order valence-electron chi connectivity index (χ2n) is 9.38. The van der Waals surface area contributed by atoms with Gasteiger partial charge < -0.3 is 42.0 Å². The second-order valence-corrected chi connectivity index (χ2v) is 9.38. The first-order valence-corrected chi connectivity index (χ1v) is 11.5. The monoisotopic (exact) mass is 500 g/mol. The number of aryl methyl sites for hydroxylation is 1. The van der Waals surface area contributed by atoms with E-state index in [1.165, 1.54) is 4.90 Å². The molecule has 14 nitrogen and oxygen atoms in total. The van der Waals surface area contributed by atoms with Crippen molar-refractivity contribution in [1.82, 2.24) is 20.4 Å². The van der Waals surface area contributed by atoms with Crippen LogP contribution in [-0.4, -0.2) is 92.6 Å². The number of alkyl carbamates (subject to hydrolysis) is 1. The Hall–Kier alpha value is -3.91. The maximum atomic E-state index is 12.6. The minimum absolute atomic E-state index is 0.0911. The molecule has 5 rings (SSSR count). The Morgan fingerprint density at radius 3 is 2.67 bits per heavy atom. The SMILES string of the molecule is Cc1cccc(CNC(=O)O[C@H]2CN3C(N)=N[C@@H](CN4C(=O)CCC4=O)[C@@H]4N=C(N)N[C@@]43C2(O)O)c1. The zero-order valence-corrected chi connectivity index (χ0v) is 19.5. The standard InChI is InChI=1S/C22H28N8O6/c1-11-3-2-4-12(7-11)8-25-20(33)36-14-10-30-19(24)26-13(9-29-15(31)5-6-16(29)32)17-21(30,22(14,34)35)28-18(23)27-17/h2-4,7,13-14,17,34-35H,5-6,8-10H2,1H3,(H2,24,26)(H,25,33)(H3,23,27,28)/t13-,14-,17-,21-/m0/s1. The summed E-state index contributed by atoms with van der Waals surface area (Å²) in [5, 5.41) is 28.1. The van der Waals surface area contributed by atoms with Crippen LogP contribution in [0.3, 0.4) is 0 Å². The molecule has 8 N–H and O–H groups in total. The summed E-state index contributed by atoms with van der Waals surface area (Å²) in [5.74, 6) is -3.65. The number of carbonyl (C=O) groups excluding carboxylic acids is 3. The number of aliphatic hydroxyl groups is 2. The molecule has 4 atom stereocenters. The molecule has 2 fully saturated rings. The van der Waals surface area contributed by atoms with E-state index in [0.717, 1.165) is 16.0 Å². The fraction of sp³-hybridized carbons (Fsp3) is 0.500. The number of carbonyl (C=O) groups is 3. The van der Waals surface area contributed by atoms with Crippen LogP contribution in [0.5, 0.6) is 0 Å². The molecule has 1 aromatic rings. The Morgan fingerprint density at radius 1 is 1.25 bits per heavy atom. The molecule has 3 amide bonds. The van der Waals surface area contributed by atoms with E-state index >= 15 is 0 Å². The third kappa shape index (κ3) is 3.60. The van der Waals surface area contributed by atoms with Gasteiger partial charge in [0.2, 0.25) is 17.6 Å². The lowest BCUT2D eigenvalue weighted by molar-refractivity contribution is -0.256. The zero-order valence-electron chi connectivity index (χ0n) is 19.5. The van der Waals surface area contributed by atoms with E-state index in [4.69, 9.17) is 16.2 Å². The summed E-state index contributed by atoms with van der Waals surface area (Å²) in [7, 11) is 0. The first-order valence-electron chi connectivity index (χ1n) is 11.5. The van der Waals surface area contributed by atoms with Crippen molar-refractivity contribution in [3.05, 3.63) is 35.4 Å². The largest absolute Gasteiger partial charge is 0.438 e. The summed E-state index contributed by atoms with van der Waals surface area (Å²) in [6.07, 6.45) is -2.15. The molecule has 192 valence electrons. The number of nitrogens with zero attached hydrogens (tertiary/aromatic N) is 4. The lowest BCUT2D eigenvalue weighted by atomic mass is 9.85. The number of aliphatic imine (C=N–C) groups is 2. The van der Waals surface area contributed by atoms with Crippen LogP contribution >= 0.6 is 0 Å². The molecule has 0 aromatic heterocycles. The van der Waals surface area contributed by atoms with Gasteiger partial charge in [-0.3, -0.25) is 14.5 Å². The van der Waals surface area contributed by atoms with Crippen molar-refractivity contribution in [2.45, 2.75) is 55.9 Å². The number of nitrogens with one attached hydrogen (secondary N) is 2. The average molecular weight is 501 g/mol. The highest BCUT2D eigenvalue weighted by Crippen LogP contribution is 2.46. The van der Waals surface area contributed by atoms with Gasteiger partial charge in [-0.1, -0.05) is 29.8 Å². The Kier molecular flexibility index (Phi) is 5.52. The van der Waals surface area contributed by atoms with Gasteiger partial charge in [-0.2, -0.15) is 0 Å². The van der Waals surface area contributed by atoms with E-state index in [1.807, 2.05) is 31.2 Å². The topological polar surface area (TPSA) is 208 Å². The van der Waals surface area contributed by atoms with Gasteiger partial charge in [0, 0.05) is 19.4 Å². The zero-order chi connectivity index (χ0) is 25.8. The molecule has 1 spiro atoms. The summed E-state index contributed by atoms with van der Waals surface area (Å²) < 4.78 is 5.41. The number of rotatable bonds is 5. The number of nitrogens with two attached hydrogens (primary N) is 2. The van der Waals surface area contributed by atoms with Gasteiger partial charge in [-0.15, -0.1) is 0 Å². The van der Waals surface area contributed by atoms with Gasteiger partial charge in [0.15, 0.2) is 23.7 Å². The number of guanidine groups is 2. The number of benzene rings is 1. The second kappa shape index (κ2) is 8.34. The molecule has 4 aliphatic rings. The number of ether oxygens (including phenoxy) is 1. The van der Waals surface area contributed by atoms with Gasteiger partial charge in [-0.25, -0.2) is 14.8 Å². The van der Waals surface area contributed by atoms with Crippen molar-refractivity contribution in [1.29, 1.82) is 0 Å². The molecular weight excluding hydrogens is 472 g/mol. The average Bonchev–Trinajstić information content (AvgIpc) is 3.41. The summed E-state index contributed by atoms with van der Waals surface area (Å²) in [5.41, 5.74) is 12.2. The van der Waals surface area contributed by atoms with Gasteiger partial charge in [0.25, 0.3) is 0 Å². The molecular formula is C22H28N8O6. The van der Waals surface area contributed by atoms with Crippen molar-refractivity contribution in [2.75, 3.05) is 13.1 Å². The third-order valence-electron chi connectivity index (χ3n) is 7.04. The Balaban J connectivity index is 1.36. The van der Waals surface area contributed by atoms with Crippen LogP contribution in [0.4, 0.5) is 4.79 Å². The first-order chi connectivity index (χ1) is 17.0. The fourth-order valence-corrected chi connectivity index (χ4v) is 5.35. The highest BCUT2D eigenvalue weighted by Gasteiger charge is 2.74. The molecule has 4 aliphatic heterocycles. The summed E-state index contributed by atoms with van der Waals surface area (Å²) >= 11 is 0. The van der Waals surface area contributed by atoms with Crippen LogP contribution in [0.1, 0.15) is 24.0 Å². The normalized spacial score (nSPS) is 30.4. The number of likely N-dealkylation sites (tertiary alicyclic amines) is 1. The van der Waals surface area contributed by atoms with Gasteiger partial charge in [-0.05, 0) is 12.5 Å². The van der Waals surface area contributed by atoms with Crippen molar-refractivity contribution < 1.29 is 29.3 Å². The van der Waals surface area contributed by atoms with Crippen LogP contribution < -0.4 is 22.1 Å². The third-order valence-corrected chi connectivity index (χ3v) is 7.04. The molecule has 0 aliphatic carbocycles. The van der Waals surface area contributed by atoms with Crippen molar-refractivity contribution >= 4 is 29.8 Å².